The van der Waals surface area contributed by atoms with Crippen LogP contribution in [-0.2, 0) is 0 Å². The molecule has 1 aromatic carbocycles. The smallest absolute Gasteiger partial charge is 0.212 e. The Kier molecular flexibility index (Phi) is 8.86. The van der Waals surface area contributed by atoms with Crippen molar-refractivity contribution in [1.82, 2.24) is 14.3 Å². The molecule has 0 aliphatic carbocycles. The molecule has 0 saturated heterocycles. The van der Waals surface area contributed by atoms with Crippen molar-refractivity contribution >= 4 is 11.4 Å². The first-order chi connectivity index (χ1) is 15.5. The van der Waals surface area contributed by atoms with Gasteiger partial charge in [-0.15, -0.1) is 0 Å². The highest BCUT2D eigenvalue weighted by Gasteiger charge is 2.14. The molecule has 0 N–H and O–H groups in total. The molecule has 0 aliphatic rings. The van der Waals surface area contributed by atoms with Gasteiger partial charge in [0.05, 0.1) is 6.61 Å². The summed E-state index contributed by atoms with van der Waals surface area (Å²) in [5.41, 5.74) is 4.10. The van der Waals surface area contributed by atoms with Crippen LogP contribution in [0.5, 0.6) is 5.75 Å². The molecule has 172 valence electrons. The van der Waals surface area contributed by atoms with Gasteiger partial charge in [0.2, 0.25) is 5.78 Å². The number of hydrogen-bond acceptors (Lipinski definition) is 4. The molecule has 3 aromatic rings. The van der Waals surface area contributed by atoms with E-state index in [1.54, 1.807) is 0 Å². The molecule has 0 atom stereocenters. The fraction of sp³-hybridized carbons (Fsp3) is 0.481. The van der Waals surface area contributed by atoms with Gasteiger partial charge in [0.25, 0.3) is 0 Å². The van der Waals surface area contributed by atoms with Gasteiger partial charge >= 0.3 is 0 Å². The van der Waals surface area contributed by atoms with Gasteiger partial charge in [0, 0.05) is 24.0 Å². The Labute approximate surface area is 192 Å². The molecule has 0 unspecified atom stereocenters. The fourth-order valence-electron chi connectivity index (χ4n) is 3.96. The minimum absolute atomic E-state index is 0.0696. The number of rotatable bonds is 13. The van der Waals surface area contributed by atoms with Gasteiger partial charge < -0.3 is 14.0 Å². The quantitative estimate of drug-likeness (QED) is 0.249. The Hall–Kier alpha value is -2.66. The molecular formula is C27H37N3O2. The molecule has 0 amide bonds. The van der Waals surface area contributed by atoms with E-state index in [1.807, 2.05) is 54.8 Å². The summed E-state index contributed by atoms with van der Waals surface area (Å²) in [6.45, 7) is 12.7. The number of ether oxygens (including phenoxy) is 1. The lowest BCUT2D eigenvalue weighted by molar-refractivity contribution is 0.103. The second kappa shape index (κ2) is 11.8. The minimum atomic E-state index is -0.0696. The van der Waals surface area contributed by atoms with Crippen molar-refractivity contribution in [2.45, 2.75) is 59.8 Å². The zero-order chi connectivity index (χ0) is 22.9. The number of aryl methyl sites for hydroxylation is 2. The molecule has 2 heterocycles. The number of carbonyl (C=O) groups excluding carboxylic acids is 1. The Morgan fingerprint density at radius 2 is 1.62 bits per heavy atom. The van der Waals surface area contributed by atoms with Crippen LogP contribution in [0, 0.1) is 13.8 Å². The molecule has 0 bridgehead atoms. The number of unbranched alkanes of at least 4 members (excludes halogenated alkanes) is 2. The standard InChI is InChI=1S/C27H37N3O2/c1-5-7-14-29(15-8-6-2)16-9-17-32-24-12-10-23(11-13-24)27(31)25-20-30-22(4)18-21(3)19-26(30)28-25/h10-13,18-20H,5-9,14-17H2,1-4H3. The third-order valence-electron chi connectivity index (χ3n) is 5.80. The van der Waals surface area contributed by atoms with Crippen molar-refractivity contribution in [3.63, 3.8) is 0 Å². The SMILES string of the molecule is CCCCN(CCCC)CCCOc1ccc(C(=O)c2cn3c(C)cc(C)cc3n2)cc1. The van der Waals surface area contributed by atoms with Crippen LogP contribution >= 0.6 is 0 Å². The van der Waals surface area contributed by atoms with E-state index in [-0.39, 0.29) is 5.78 Å². The van der Waals surface area contributed by atoms with Crippen molar-refractivity contribution in [1.29, 1.82) is 0 Å². The minimum Gasteiger partial charge on any atom is -0.494 e. The highest BCUT2D eigenvalue weighted by molar-refractivity contribution is 6.08. The summed E-state index contributed by atoms with van der Waals surface area (Å²) in [5, 5.41) is 0. The van der Waals surface area contributed by atoms with Crippen molar-refractivity contribution in [3.8, 4) is 5.75 Å². The van der Waals surface area contributed by atoms with E-state index in [0.29, 0.717) is 17.9 Å². The van der Waals surface area contributed by atoms with Crippen molar-refractivity contribution in [2.24, 2.45) is 0 Å². The number of aromatic nitrogens is 2. The second-order valence-corrected chi connectivity index (χ2v) is 8.63. The third-order valence-corrected chi connectivity index (χ3v) is 5.80. The number of benzene rings is 1. The van der Waals surface area contributed by atoms with Crippen LogP contribution in [0.4, 0.5) is 0 Å². The summed E-state index contributed by atoms with van der Waals surface area (Å²) >= 11 is 0. The first kappa shape index (κ1) is 24.0. The van der Waals surface area contributed by atoms with Gasteiger partial charge in [-0.1, -0.05) is 26.7 Å². The number of pyridine rings is 1. The number of hydrogen-bond donors (Lipinski definition) is 0. The number of carbonyl (C=O) groups is 1. The van der Waals surface area contributed by atoms with Crippen LogP contribution in [0.15, 0.2) is 42.6 Å². The lowest BCUT2D eigenvalue weighted by Crippen LogP contribution is -2.28. The molecule has 0 saturated carbocycles. The highest BCUT2D eigenvalue weighted by Crippen LogP contribution is 2.18. The average Bonchev–Trinajstić information content (AvgIpc) is 3.22. The van der Waals surface area contributed by atoms with Crippen LogP contribution in [-0.4, -0.2) is 46.3 Å². The average molecular weight is 436 g/mol. The predicted molar refractivity (Wildman–Crippen MR) is 131 cm³/mol. The topological polar surface area (TPSA) is 46.8 Å². The number of fused-ring (bicyclic) bond motifs is 1. The second-order valence-electron chi connectivity index (χ2n) is 8.63. The van der Waals surface area contributed by atoms with Gasteiger partial charge in [-0.25, -0.2) is 4.98 Å². The van der Waals surface area contributed by atoms with Crippen LogP contribution in [0.1, 0.15) is 73.3 Å². The van der Waals surface area contributed by atoms with Crippen LogP contribution in [0.2, 0.25) is 0 Å². The zero-order valence-corrected chi connectivity index (χ0v) is 20.1. The largest absolute Gasteiger partial charge is 0.494 e. The molecule has 32 heavy (non-hydrogen) atoms. The van der Waals surface area contributed by atoms with Gasteiger partial charge in [-0.3, -0.25) is 4.79 Å². The number of imidazole rings is 1. The van der Waals surface area contributed by atoms with E-state index in [4.69, 9.17) is 4.74 Å². The van der Waals surface area contributed by atoms with Crippen molar-refractivity contribution in [3.05, 3.63) is 65.1 Å². The molecule has 0 radical (unpaired) electrons. The molecular weight excluding hydrogens is 398 g/mol. The highest BCUT2D eigenvalue weighted by atomic mass is 16.5. The maximum Gasteiger partial charge on any atom is 0.212 e. The molecule has 0 spiro atoms. The first-order valence-electron chi connectivity index (χ1n) is 12.0. The first-order valence-corrected chi connectivity index (χ1v) is 12.0. The van der Waals surface area contributed by atoms with Crippen LogP contribution in [0.25, 0.3) is 5.65 Å². The molecule has 0 fully saturated rings. The molecule has 0 aliphatic heterocycles. The van der Waals surface area contributed by atoms with E-state index in [9.17, 15) is 4.79 Å². The normalized spacial score (nSPS) is 11.4. The third kappa shape index (κ3) is 6.42. The monoisotopic (exact) mass is 435 g/mol. The molecule has 3 rings (SSSR count). The summed E-state index contributed by atoms with van der Waals surface area (Å²) in [6, 6.07) is 11.5. The van der Waals surface area contributed by atoms with Crippen molar-refractivity contribution in [2.75, 3.05) is 26.2 Å². The predicted octanol–water partition coefficient (Wildman–Crippen LogP) is 5.85. The van der Waals surface area contributed by atoms with E-state index in [1.165, 1.54) is 38.8 Å². The van der Waals surface area contributed by atoms with E-state index < -0.39 is 0 Å². The van der Waals surface area contributed by atoms with Gasteiger partial charge in [-0.2, -0.15) is 0 Å². The number of ketones is 1. The zero-order valence-electron chi connectivity index (χ0n) is 20.1. The van der Waals surface area contributed by atoms with E-state index in [0.717, 1.165) is 35.6 Å². The van der Waals surface area contributed by atoms with E-state index in [2.05, 4.69) is 29.8 Å². The summed E-state index contributed by atoms with van der Waals surface area (Å²) in [5.74, 6) is 0.733. The van der Waals surface area contributed by atoms with E-state index >= 15 is 0 Å². The summed E-state index contributed by atoms with van der Waals surface area (Å²) < 4.78 is 7.89. The summed E-state index contributed by atoms with van der Waals surface area (Å²) in [4.78, 5) is 20.0. The van der Waals surface area contributed by atoms with Crippen LogP contribution in [0.3, 0.4) is 0 Å². The maximum atomic E-state index is 12.9. The van der Waals surface area contributed by atoms with Gasteiger partial charge in [0.15, 0.2) is 0 Å². The molecule has 5 heteroatoms. The Balaban J connectivity index is 1.53. The van der Waals surface area contributed by atoms with Crippen LogP contribution < -0.4 is 4.74 Å². The lowest BCUT2D eigenvalue weighted by Gasteiger charge is -2.21. The maximum absolute atomic E-state index is 12.9. The van der Waals surface area contributed by atoms with Crippen molar-refractivity contribution < 1.29 is 9.53 Å². The molecule has 5 nitrogen and oxygen atoms in total. The Morgan fingerprint density at radius 1 is 0.969 bits per heavy atom. The molecule has 2 aromatic heterocycles. The van der Waals surface area contributed by atoms with Gasteiger partial charge in [-0.05, 0) is 88.2 Å². The summed E-state index contributed by atoms with van der Waals surface area (Å²) in [7, 11) is 0. The van der Waals surface area contributed by atoms with Gasteiger partial charge in [0.1, 0.15) is 17.1 Å². The summed E-state index contributed by atoms with van der Waals surface area (Å²) in [6.07, 6.45) is 7.81. The fourth-order valence-corrected chi connectivity index (χ4v) is 3.96. The number of nitrogens with zero attached hydrogens (tertiary/aromatic N) is 3. The Morgan fingerprint density at radius 3 is 2.28 bits per heavy atom. The lowest BCUT2D eigenvalue weighted by atomic mass is 10.1. The Bertz CT molecular complexity index is 1000.